The molecule has 0 atom stereocenters. The third-order valence-electron chi connectivity index (χ3n) is 2.61. The molecule has 0 heterocycles. The van der Waals surface area contributed by atoms with E-state index in [1.165, 1.54) is 0 Å². The van der Waals surface area contributed by atoms with E-state index in [4.69, 9.17) is 10.5 Å². The molecule has 1 aromatic rings. The van der Waals surface area contributed by atoms with E-state index in [0.717, 1.165) is 0 Å². The van der Waals surface area contributed by atoms with Crippen molar-refractivity contribution in [2.24, 2.45) is 0 Å². The molecule has 0 saturated carbocycles. The second-order valence-electron chi connectivity index (χ2n) is 4.23. The van der Waals surface area contributed by atoms with E-state index >= 15 is 0 Å². The van der Waals surface area contributed by atoms with Gasteiger partial charge in [0.05, 0.1) is 12.4 Å². The minimum Gasteiger partial charge on any atom is -0.493 e. The van der Waals surface area contributed by atoms with E-state index < -0.39 is 15.9 Å². The highest BCUT2D eigenvalue weighted by Crippen LogP contribution is 2.24. The first-order valence-corrected chi connectivity index (χ1v) is 8.33. The van der Waals surface area contributed by atoms with Gasteiger partial charge in [-0.3, -0.25) is 4.79 Å². The van der Waals surface area contributed by atoms with Crippen molar-refractivity contribution in [2.75, 3.05) is 31.2 Å². The molecule has 1 aromatic carbocycles. The van der Waals surface area contributed by atoms with Crippen LogP contribution >= 0.6 is 0 Å². The number of hydrogen-bond donors (Lipinski definition) is 3. The van der Waals surface area contributed by atoms with Crippen LogP contribution in [0.1, 0.15) is 24.2 Å². The van der Waals surface area contributed by atoms with E-state index in [1.54, 1.807) is 32.0 Å². The summed E-state index contributed by atoms with van der Waals surface area (Å²) in [5.74, 6) is -0.267. The van der Waals surface area contributed by atoms with Gasteiger partial charge in [0.1, 0.15) is 11.3 Å². The van der Waals surface area contributed by atoms with Crippen LogP contribution in [0.25, 0.3) is 0 Å². The first-order chi connectivity index (χ1) is 9.91. The van der Waals surface area contributed by atoms with Crippen LogP contribution in [0.2, 0.25) is 0 Å². The number of nitrogen functional groups attached to an aromatic ring is 1. The number of nitrogens with two attached hydrogens (primary N) is 1. The van der Waals surface area contributed by atoms with Gasteiger partial charge in [-0.05, 0) is 19.1 Å². The van der Waals surface area contributed by atoms with Gasteiger partial charge in [0.2, 0.25) is 10.0 Å². The Kier molecular flexibility index (Phi) is 6.44. The lowest BCUT2D eigenvalue weighted by molar-refractivity contribution is 0.0953. The van der Waals surface area contributed by atoms with Crippen LogP contribution in [-0.2, 0) is 10.0 Å². The molecule has 0 aliphatic rings. The van der Waals surface area contributed by atoms with E-state index in [1.807, 2.05) is 0 Å². The van der Waals surface area contributed by atoms with Gasteiger partial charge < -0.3 is 15.8 Å². The third kappa shape index (κ3) is 5.24. The molecule has 0 aromatic heterocycles. The standard InChI is InChI=1S/C13H21N3O4S/c1-3-16-21(18,19)9-8-15-13(17)12-10(14)6-5-7-11(12)20-4-2/h5-7,16H,3-4,8-9,14H2,1-2H3,(H,15,17). The minimum atomic E-state index is -3.37. The summed E-state index contributed by atoms with van der Waals surface area (Å²) in [6, 6.07) is 4.92. The number of ether oxygens (including phenoxy) is 1. The molecule has 0 aliphatic carbocycles. The van der Waals surface area contributed by atoms with Crippen LogP contribution in [0.15, 0.2) is 18.2 Å². The molecule has 21 heavy (non-hydrogen) atoms. The quantitative estimate of drug-likeness (QED) is 0.599. The molecule has 4 N–H and O–H groups in total. The van der Waals surface area contributed by atoms with Gasteiger partial charge in [0, 0.05) is 18.8 Å². The molecule has 0 bridgehead atoms. The number of sulfonamides is 1. The molecule has 7 nitrogen and oxygen atoms in total. The first-order valence-electron chi connectivity index (χ1n) is 6.68. The molecule has 0 aliphatic heterocycles. The normalized spacial score (nSPS) is 11.1. The van der Waals surface area contributed by atoms with Crippen molar-refractivity contribution in [1.29, 1.82) is 0 Å². The van der Waals surface area contributed by atoms with Gasteiger partial charge in [0.25, 0.3) is 5.91 Å². The van der Waals surface area contributed by atoms with E-state index in [-0.39, 0.29) is 23.5 Å². The number of benzene rings is 1. The number of hydrogen-bond acceptors (Lipinski definition) is 5. The second kappa shape index (κ2) is 7.84. The molecule has 0 spiro atoms. The molecule has 0 fully saturated rings. The SMILES string of the molecule is CCNS(=O)(=O)CCNC(=O)c1c(N)cccc1OCC. The van der Waals surface area contributed by atoms with Gasteiger partial charge in [-0.15, -0.1) is 0 Å². The van der Waals surface area contributed by atoms with Crippen LogP contribution in [0.3, 0.4) is 0 Å². The minimum absolute atomic E-state index is 0.00589. The van der Waals surface area contributed by atoms with Crippen molar-refractivity contribution < 1.29 is 17.9 Å². The van der Waals surface area contributed by atoms with E-state index in [0.29, 0.717) is 18.9 Å². The van der Waals surface area contributed by atoms with Crippen LogP contribution in [0, 0.1) is 0 Å². The van der Waals surface area contributed by atoms with Crippen molar-refractivity contribution in [2.45, 2.75) is 13.8 Å². The number of nitrogens with one attached hydrogen (secondary N) is 2. The molecule has 1 amide bonds. The van der Waals surface area contributed by atoms with E-state index in [9.17, 15) is 13.2 Å². The zero-order valence-corrected chi connectivity index (χ0v) is 13.0. The average Bonchev–Trinajstić information content (AvgIpc) is 2.38. The number of carbonyl (C=O) groups is 1. The Morgan fingerprint density at radius 1 is 1.33 bits per heavy atom. The zero-order chi connectivity index (χ0) is 15.9. The lowest BCUT2D eigenvalue weighted by Crippen LogP contribution is -2.34. The number of carbonyl (C=O) groups excluding carboxylic acids is 1. The van der Waals surface area contributed by atoms with Gasteiger partial charge >= 0.3 is 0 Å². The van der Waals surface area contributed by atoms with Crippen molar-refractivity contribution in [3.05, 3.63) is 23.8 Å². The maximum atomic E-state index is 12.1. The Morgan fingerprint density at radius 2 is 2.05 bits per heavy atom. The van der Waals surface area contributed by atoms with Crippen molar-refractivity contribution in [1.82, 2.24) is 10.0 Å². The van der Waals surface area contributed by atoms with E-state index in [2.05, 4.69) is 10.0 Å². The van der Waals surface area contributed by atoms with Crippen LogP contribution < -0.4 is 20.5 Å². The first kappa shape index (κ1) is 17.3. The third-order valence-corrected chi connectivity index (χ3v) is 4.08. The van der Waals surface area contributed by atoms with Crippen LogP contribution in [-0.4, -0.2) is 39.8 Å². The summed E-state index contributed by atoms with van der Waals surface area (Å²) in [5.41, 5.74) is 6.29. The van der Waals surface area contributed by atoms with Crippen molar-refractivity contribution in [3.63, 3.8) is 0 Å². The average molecular weight is 315 g/mol. The van der Waals surface area contributed by atoms with Crippen molar-refractivity contribution in [3.8, 4) is 5.75 Å². The lowest BCUT2D eigenvalue weighted by atomic mass is 10.1. The van der Waals surface area contributed by atoms with Gasteiger partial charge in [-0.2, -0.15) is 0 Å². The maximum Gasteiger partial charge on any atom is 0.257 e. The fraction of sp³-hybridized carbons (Fsp3) is 0.462. The summed E-state index contributed by atoms with van der Waals surface area (Å²) in [5, 5.41) is 2.54. The summed E-state index contributed by atoms with van der Waals surface area (Å²) >= 11 is 0. The molecular formula is C13H21N3O4S. The Hall–Kier alpha value is -1.80. The summed E-state index contributed by atoms with van der Waals surface area (Å²) in [6.45, 7) is 4.20. The molecule has 0 saturated heterocycles. The number of amides is 1. The highest BCUT2D eigenvalue weighted by atomic mass is 32.2. The predicted octanol–water partition coefficient (Wildman–Crippen LogP) is 0.337. The van der Waals surface area contributed by atoms with Gasteiger partial charge in [0.15, 0.2) is 0 Å². The second-order valence-corrected chi connectivity index (χ2v) is 6.15. The molecule has 118 valence electrons. The summed E-state index contributed by atoms with van der Waals surface area (Å²) in [7, 11) is -3.37. The van der Waals surface area contributed by atoms with Crippen LogP contribution in [0.5, 0.6) is 5.75 Å². The smallest absolute Gasteiger partial charge is 0.257 e. The Morgan fingerprint density at radius 3 is 2.67 bits per heavy atom. The predicted molar refractivity (Wildman–Crippen MR) is 81.8 cm³/mol. The molecule has 0 radical (unpaired) electrons. The zero-order valence-electron chi connectivity index (χ0n) is 12.2. The van der Waals surface area contributed by atoms with Gasteiger partial charge in [-0.25, -0.2) is 13.1 Å². The molecule has 8 heteroatoms. The summed E-state index contributed by atoms with van der Waals surface area (Å²) in [6.07, 6.45) is 0. The maximum absolute atomic E-state index is 12.1. The molecular weight excluding hydrogens is 294 g/mol. The summed E-state index contributed by atoms with van der Waals surface area (Å²) in [4.78, 5) is 12.1. The number of rotatable bonds is 8. The molecule has 1 rings (SSSR count). The lowest BCUT2D eigenvalue weighted by Gasteiger charge is -2.12. The largest absolute Gasteiger partial charge is 0.493 e. The topological polar surface area (TPSA) is 111 Å². The highest BCUT2D eigenvalue weighted by Gasteiger charge is 2.17. The highest BCUT2D eigenvalue weighted by molar-refractivity contribution is 7.89. The summed E-state index contributed by atoms with van der Waals surface area (Å²) < 4.78 is 30.6. The monoisotopic (exact) mass is 315 g/mol. The van der Waals surface area contributed by atoms with Crippen LogP contribution in [0.4, 0.5) is 5.69 Å². The fourth-order valence-corrected chi connectivity index (χ4v) is 2.70. The van der Waals surface area contributed by atoms with Gasteiger partial charge in [-0.1, -0.05) is 13.0 Å². The number of anilines is 1. The Labute approximate surface area is 124 Å². The van der Waals surface area contributed by atoms with Crippen molar-refractivity contribution >= 4 is 21.6 Å². The molecule has 0 unspecified atom stereocenters. The Balaban J connectivity index is 2.72. The Bertz CT molecular complexity index is 587. The fourth-order valence-electron chi connectivity index (χ4n) is 1.75.